The predicted octanol–water partition coefficient (Wildman–Crippen LogP) is 4.45. The van der Waals surface area contributed by atoms with Gasteiger partial charge in [-0.25, -0.2) is 0 Å². The number of ether oxygens (including phenoxy) is 2. The number of benzene rings is 1. The number of rotatable bonds is 7. The van der Waals surface area contributed by atoms with E-state index >= 15 is 0 Å². The highest BCUT2D eigenvalue weighted by Crippen LogP contribution is 2.34. The van der Waals surface area contributed by atoms with Gasteiger partial charge < -0.3 is 15.2 Å². The normalized spacial score (nSPS) is 17.5. The van der Waals surface area contributed by atoms with Crippen LogP contribution in [0.25, 0.3) is 0 Å². The molecule has 0 radical (unpaired) electrons. The molecule has 1 unspecified atom stereocenters. The Morgan fingerprint density at radius 3 is 2.38 bits per heavy atom. The lowest BCUT2D eigenvalue weighted by atomic mass is 9.83. The molecule has 0 saturated heterocycles. The van der Waals surface area contributed by atoms with Gasteiger partial charge >= 0.3 is 0 Å². The first-order valence-electron chi connectivity index (χ1n) is 8.39. The summed E-state index contributed by atoms with van der Waals surface area (Å²) < 4.78 is 11.3. The van der Waals surface area contributed by atoms with Crippen LogP contribution in [0, 0.1) is 5.92 Å². The monoisotopic (exact) mass is 291 g/mol. The van der Waals surface area contributed by atoms with Crippen LogP contribution < -0.4 is 15.2 Å². The van der Waals surface area contributed by atoms with Crippen LogP contribution in [0.15, 0.2) is 18.2 Å². The third-order valence-electron chi connectivity index (χ3n) is 4.31. The number of hydrogen-bond acceptors (Lipinski definition) is 3. The van der Waals surface area contributed by atoms with Crippen molar-refractivity contribution in [2.75, 3.05) is 13.2 Å². The van der Waals surface area contributed by atoms with E-state index in [2.05, 4.69) is 12.1 Å². The van der Waals surface area contributed by atoms with E-state index in [4.69, 9.17) is 15.2 Å². The maximum absolute atomic E-state index is 6.42. The molecule has 1 fully saturated rings. The Hall–Kier alpha value is -1.22. The van der Waals surface area contributed by atoms with Gasteiger partial charge in [0, 0.05) is 6.04 Å². The molecule has 2 rings (SSSR count). The zero-order valence-corrected chi connectivity index (χ0v) is 13.4. The fourth-order valence-electron chi connectivity index (χ4n) is 3.22. The summed E-state index contributed by atoms with van der Waals surface area (Å²) >= 11 is 0. The van der Waals surface area contributed by atoms with E-state index in [1.807, 2.05) is 19.9 Å². The van der Waals surface area contributed by atoms with E-state index in [1.165, 1.54) is 32.1 Å². The van der Waals surface area contributed by atoms with Gasteiger partial charge in [0.15, 0.2) is 11.5 Å². The average molecular weight is 291 g/mol. The first kappa shape index (κ1) is 16.2. The molecular weight excluding hydrogens is 262 g/mol. The quantitative estimate of drug-likeness (QED) is 0.807. The summed E-state index contributed by atoms with van der Waals surface area (Å²) in [6.07, 6.45) is 7.88. The molecule has 1 aromatic rings. The van der Waals surface area contributed by atoms with Crippen LogP contribution in [-0.2, 0) is 0 Å². The molecule has 0 spiro atoms. The minimum absolute atomic E-state index is 0.1000. The summed E-state index contributed by atoms with van der Waals surface area (Å²) in [5.74, 6) is 2.42. The zero-order valence-electron chi connectivity index (χ0n) is 13.4. The second-order valence-electron chi connectivity index (χ2n) is 5.92. The van der Waals surface area contributed by atoms with Crippen LogP contribution in [0.2, 0.25) is 0 Å². The minimum Gasteiger partial charge on any atom is -0.490 e. The first-order chi connectivity index (χ1) is 10.2. The second-order valence-corrected chi connectivity index (χ2v) is 5.92. The molecule has 1 aliphatic carbocycles. The summed E-state index contributed by atoms with van der Waals surface area (Å²) in [5.41, 5.74) is 7.58. The van der Waals surface area contributed by atoms with E-state index in [0.717, 1.165) is 29.4 Å². The van der Waals surface area contributed by atoms with Crippen molar-refractivity contribution < 1.29 is 9.47 Å². The maximum Gasteiger partial charge on any atom is 0.161 e. The molecule has 3 nitrogen and oxygen atoms in total. The van der Waals surface area contributed by atoms with Gasteiger partial charge in [-0.05, 0) is 43.9 Å². The fourth-order valence-corrected chi connectivity index (χ4v) is 3.22. The molecule has 0 heterocycles. The maximum atomic E-state index is 6.42. The highest BCUT2D eigenvalue weighted by atomic mass is 16.5. The van der Waals surface area contributed by atoms with E-state index in [0.29, 0.717) is 13.2 Å². The van der Waals surface area contributed by atoms with Gasteiger partial charge in [0.1, 0.15) is 0 Å². The summed E-state index contributed by atoms with van der Waals surface area (Å²) in [5, 5.41) is 0. The average Bonchev–Trinajstić information content (AvgIpc) is 2.50. The molecule has 0 aromatic heterocycles. The van der Waals surface area contributed by atoms with Crippen molar-refractivity contribution >= 4 is 0 Å². The van der Waals surface area contributed by atoms with Crippen molar-refractivity contribution in [2.24, 2.45) is 11.7 Å². The Morgan fingerprint density at radius 1 is 1.05 bits per heavy atom. The summed E-state index contributed by atoms with van der Waals surface area (Å²) in [6.45, 7) is 5.26. The standard InChI is InChI=1S/C18H29NO2/c1-3-20-17-11-10-15(13-18(17)21-4-2)16(19)12-14-8-6-5-7-9-14/h10-11,13-14,16H,3-9,12,19H2,1-2H3. The van der Waals surface area contributed by atoms with Crippen molar-refractivity contribution in [3.8, 4) is 11.5 Å². The molecule has 0 aliphatic heterocycles. The van der Waals surface area contributed by atoms with Gasteiger partial charge in [-0.3, -0.25) is 0 Å². The van der Waals surface area contributed by atoms with Crippen molar-refractivity contribution in [2.45, 2.75) is 58.4 Å². The first-order valence-corrected chi connectivity index (χ1v) is 8.39. The van der Waals surface area contributed by atoms with E-state index in [-0.39, 0.29) is 6.04 Å². The Bertz CT molecular complexity index is 427. The fraction of sp³-hybridized carbons (Fsp3) is 0.667. The summed E-state index contributed by atoms with van der Waals surface area (Å²) in [7, 11) is 0. The smallest absolute Gasteiger partial charge is 0.161 e. The topological polar surface area (TPSA) is 44.5 Å². The van der Waals surface area contributed by atoms with Crippen LogP contribution in [0.5, 0.6) is 11.5 Å². The Balaban J connectivity index is 2.05. The van der Waals surface area contributed by atoms with E-state index in [1.54, 1.807) is 0 Å². The van der Waals surface area contributed by atoms with Gasteiger partial charge in [0.25, 0.3) is 0 Å². The Morgan fingerprint density at radius 2 is 1.71 bits per heavy atom. The van der Waals surface area contributed by atoms with Gasteiger partial charge in [0.05, 0.1) is 13.2 Å². The van der Waals surface area contributed by atoms with Gasteiger partial charge in [0.2, 0.25) is 0 Å². The molecule has 0 bridgehead atoms. The summed E-state index contributed by atoms with van der Waals surface area (Å²) in [4.78, 5) is 0. The lowest BCUT2D eigenvalue weighted by Gasteiger charge is -2.25. The molecule has 1 aliphatic rings. The molecule has 1 aromatic carbocycles. The molecule has 0 amide bonds. The highest BCUT2D eigenvalue weighted by molar-refractivity contribution is 5.43. The van der Waals surface area contributed by atoms with Crippen molar-refractivity contribution in [3.63, 3.8) is 0 Å². The van der Waals surface area contributed by atoms with Crippen LogP contribution in [-0.4, -0.2) is 13.2 Å². The summed E-state index contributed by atoms with van der Waals surface area (Å²) in [6, 6.07) is 6.23. The predicted molar refractivity (Wildman–Crippen MR) is 86.9 cm³/mol. The van der Waals surface area contributed by atoms with Crippen molar-refractivity contribution in [1.29, 1.82) is 0 Å². The molecule has 118 valence electrons. The lowest BCUT2D eigenvalue weighted by molar-refractivity contribution is 0.286. The van der Waals surface area contributed by atoms with Gasteiger partial charge in [-0.2, -0.15) is 0 Å². The molecule has 3 heteroatoms. The molecule has 2 N–H and O–H groups in total. The largest absolute Gasteiger partial charge is 0.490 e. The molecule has 21 heavy (non-hydrogen) atoms. The van der Waals surface area contributed by atoms with Crippen molar-refractivity contribution in [1.82, 2.24) is 0 Å². The van der Waals surface area contributed by atoms with Gasteiger partial charge in [-0.15, -0.1) is 0 Å². The number of nitrogens with two attached hydrogens (primary N) is 1. The van der Waals surface area contributed by atoms with Crippen LogP contribution >= 0.6 is 0 Å². The third kappa shape index (κ3) is 4.63. The zero-order chi connectivity index (χ0) is 15.1. The minimum atomic E-state index is 0.1000. The Labute approximate surface area is 128 Å². The highest BCUT2D eigenvalue weighted by Gasteiger charge is 2.19. The van der Waals surface area contributed by atoms with Crippen LogP contribution in [0.4, 0.5) is 0 Å². The molecule has 1 saturated carbocycles. The second kappa shape index (κ2) is 8.28. The third-order valence-corrected chi connectivity index (χ3v) is 4.31. The van der Waals surface area contributed by atoms with Crippen LogP contribution in [0.3, 0.4) is 0 Å². The lowest BCUT2D eigenvalue weighted by Crippen LogP contribution is -2.17. The van der Waals surface area contributed by atoms with E-state index in [9.17, 15) is 0 Å². The van der Waals surface area contributed by atoms with Crippen LogP contribution in [0.1, 0.15) is 64.0 Å². The SMILES string of the molecule is CCOc1ccc(C(N)CC2CCCCC2)cc1OCC. The van der Waals surface area contributed by atoms with E-state index < -0.39 is 0 Å². The van der Waals surface area contributed by atoms with Gasteiger partial charge in [-0.1, -0.05) is 38.2 Å². The molecule has 1 atom stereocenters. The number of hydrogen-bond donors (Lipinski definition) is 1. The van der Waals surface area contributed by atoms with Crippen molar-refractivity contribution in [3.05, 3.63) is 23.8 Å². The molecular formula is C18H29NO2. The Kier molecular flexibility index (Phi) is 6.37.